The molecule has 244 valence electrons. The molecule has 0 aliphatic carbocycles. The average molecular weight is 654 g/mol. The van der Waals surface area contributed by atoms with Crippen LogP contribution >= 0.6 is 11.6 Å². The van der Waals surface area contributed by atoms with Crippen molar-refractivity contribution in [2.24, 2.45) is 0 Å². The number of ether oxygens (including phenoxy) is 2. The lowest BCUT2D eigenvalue weighted by atomic mass is 10.0. The van der Waals surface area contributed by atoms with Crippen LogP contribution in [0.5, 0.6) is 0 Å². The van der Waals surface area contributed by atoms with Gasteiger partial charge in [0.15, 0.2) is 0 Å². The number of piperidine rings is 1. The van der Waals surface area contributed by atoms with E-state index >= 15 is 0 Å². The second-order valence-electron chi connectivity index (χ2n) is 11.1. The Morgan fingerprint density at radius 2 is 1.96 bits per heavy atom. The van der Waals surface area contributed by atoms with E-state index in [0.29, 0.717) is 47.6 Å². The van der Waals surface area contributed by atoms with E-state index in [1.807, 2.05) is 17.9 Å². The molecule has 2 saturated heterocycles. The van der Waals surface area contributed by atoms with Crippen LogP contribution in [0.1, 0.15) is 42.3 Å². The molecule has 3 N–H and O–H groups in total. The van der Waals surface area contributed by atoms with Gasteiger partial charge in [-0.05, 0) is 62.6 Å². The summed E-state index contributed by atoms with van der Waals surface area (Å²) in [5, 5.41) is 5.85. The van der Waals surface area contributed by atoms with Crippen LogP contribution in [0.4, 0.5) is 21.7 Å². The molecule has 5 heterocycles. The minimum absolute atomic E-state index is 0.0313. The number of H-pyrrole nitrogens is 1. The van der Waals surface area contributed by atoms with Gasteiger partial charge in [0.2, 0.25) is 5.91 Å². The molecule has 12 nitrogen and oxygen atoms in total. The van der Waals surface area contributed by atoms with Crippen LogP contribution in [-0.2, 0) is 30.3 Å². The van der Waals surface area contributed by atoms with Crippen LogP contribution in [0.3, 0.4) is 0 Å². The molecule has 2 aromatic heterocycles. The molecular formula is C32H37ClFN7O5. The third-order valence-corrected chi connectivity index (χ3v) is 8.42. The van der Waals surface area contributed by atoms with E-state index in [0.717, 1.165) is 69.2 Å². The summed E-state index contributed by atoms with van der Waals surface area (Å²) in [6.45, 7) is 9.59. The normalized spacial score (nSPS) is 17.6. The summed E-state index contributed by atoms with van der Waals surface area (Å²) >= 11 is 5.94. The van der Waals surface area contributed by atoms with Crippen molar-refractivity contribution in [3.05, 3.63) is 63.9 Å². The summed E-state index contributed by atoms with van der Waals surface area (Å²) < 4.78 is 23.3. The molecule has 0 unspecified atom stereocenters. The summed E-state index contributed by atoms with van der Waals surface area (Å²) in [7, 11) is 0. The SMILES string of the molecule is CCOC=O.Cc1cc(CC(=O)N2CCC(N3CCOCC3)CC2)[nH]c1/C=C1\C(=O)Nc2ncnc(Nc3ccc(F)c(Cl)c3)c21. The Balaban J connectivity index is 0.000000775. The van der Waals surface area contributed by atoms with Crippen molar-refractivity contribution in [3.63, 3.8) is 0 Å². The lowest BCUT2D eigenvalue weighted by molar-refractivity contribution is -0.132. The number of aryl methyl sites for hydroxylation is 1. The van der Waals surface area contributed by atoms with Crippen molar-refractivity contribution < 1.29 is 28.2 Å². The minimum atomic E-state index is -0.531. The van der Waals surface area contributed by atoms with Crippen molar-refractivity contribution >= 4 is 58.9 Å². The van der Waals surface area contributed by atoms with E-state index in [-0.39, 0.29) is 23.3 Å². The summed E-state index contributed by atoms with van der Waals surface area (Å²) in [5.74, 6) is -0.0194. The Hall–Kier alpha value is -4.33. The minimum Gasteiger partial charge on any atom is -0.468 e. The van der Waals surface area contributed by atoms with Gasteiger partial charge >= 0.3 is 0 Å². The first-order chi connectivity index (χ1) is 22.3. The molecule has 6 rings (SSSR count). The Bertz CT molecular complexity index is 1600. The lowest BCUT2D eigenvalue weighted by Crippen LogP contribution is -2.50. The largest absolute Gasteiger partial charge is 0.468 e. The number of hydrogen-bond acceptors (Lipinski definition) is 9. The topological polar surface area (TPSA) is 142 Å². The van der Waals surface area contributed by atoms with E-state index in [2.05, 4.69) is 35.2 Å². The predicted molar refractivity (Wildman–Crippen MR) is 172 cm³/mol. The summed E-state index contributed by atoms with van der Waals surface area (Å²) in [4.78, 5) is 51.5. The number of amides is 2. The van der Waals surface area contributed by atoms with E-state index in [9.17, 15) is 18.8 Å². The second-order valence-corrected chi connectivity index (χ2v) is 11.5. The van der Waals surface area contributed by atoms with Crippen LogP contribution in [0, 0.1) is 12.7 Å². The monoisotopic (exact) mass is 653 g/mol. The Labute approximate surface area is 271 Å². The second kappa shape index (κ2) is 15.3. The standard InChI is InChI=1S/C29H31ClFN7O3.C3H6O2/c1-17-12-19(14-25(39)38-6-4-20(5-7-38)37-8-10-41-11-9-37)34-24(17)15-21-26-27(32-16-33-28(26)36-29(21)40)35-18-2-3-23(31)22(30)13-18;1-2-5-3-4/h2-3,12-13,15-16,20,34H,4-11,14H2,1H3,(H2,32,33,35,36,40);3H,2H2,1H3/b21-15-;. The number of aromatic amines is 1. The van der Waals surface area contributed by atoms with Gasteiger partial charge < -0.3 is 30.0 Å². The third-order valence-electron chi connectivity index (χ3n) is 8.13. The number of nitrogens with zero attached hydrogens (tertiary/aromatic N) is 4. The van der Waals surface area contributed by atoms with Gasteiger partial charge in [-0.2, -0.15) is 0 Å². The van der Waals surface area contributed by atoms with Crippen molar-refractivity contribution in [3.8, 4) is 0 Å². The summed E-state index contributed by atoms with van der Waals surface area (Å²) in [6.07, 6.45) is 5.29. The number of halogens is 2. The zero-order valence-corrected chi connectivity index (χ0v) is 26.5. The van der Waals surface area contributed by atoms with Gasteiger partial charge in [-0.25, -0.2) is 14.4 Å². The fourth-order valence-electron chi connectivity index (χ4n) is 5.77. The van der Waals surface area contributed by atoms with Crippen LogP contribution in [0.15, 0.2) is 30.6 Å². The number of benzene rings is 1. The van der Waals surface area contributed by atoms with E-state index in [4.69, 9.17) is 16.3 Å². The van der Waals surface area contributed by atoms with Crippen molar-refractivity contribution in [1.29, 1.82) is 0 Å². The molecular weight excluding hydrogens is 617 g/mol. The number of morpholine rings is 1. The molecule has 0 saturated carbocycles. The number of hydrogen-bond donors (Lipinski definition) is 3. The number of fused-ring (bicyclic) bond motifs is 1. The zero-order chi connectivity index (χ0) is 32.6. The maximum Gasteiger partial charge on any atom is 0.293 e. The van der Waals surface area contributed by atoms with Gasteiger partial charge in [-0.3, -0.25) is 19.3 Å². The molecule has 1 aromatic carbocycles. The number of carbonyl (C=O) groups excluding carboxylic acids is 3. The first-order valence-corrected chi connectivity index (χ1v) is 15.6. The van der Waals surface area contributed by atoms with Crippen LogP contribution < -0.4 is 10.6 Å². The molecule has 46 heavy (non-hydrogen) atoms. The first-order valence-electron chi connectivity index (χ1n) is 15.2. The van der Waals surface area contributed by atoms with Gasteiger partial charge in [0, 0.05) is 49.3 Å². The number of carbonyl (C=O) groups is 3. The van der Waals surface area contributed by atoms with Gasteiger partial charge in [0.1, 0.15) is 23.8 Å². The van der Waals surface area contributed by atoms with Crippen LogP contribution in [0.2, 0.25) is 5.02 Å². The molecule has 0 atom stereocenters. The number of aromatic nitrogens is 3. The Morgan fingerprint density at radius 3 is 2.63 bits per heavy atom. The fraction of sp³-hybridized carbons (Fsp3) is 0.406. The van der Waals surface area contributed by atoms with E-state index in [1.54, 1.807) is 13.0 Å². The summed E-state index contributed by atoms with van der Waals surface area (Å²) in [6, 6.07) is 6.69. The molecule has 0 bridgehead atoms. The summed E-state index contributed by atoms with van der Waals surface area (Å²) in [5.41, 5.74) is 3.79. The lowest BCUT2D eigenvalue weighted by Gasteiger charge is -2.40. The van der Waals surface area contributed by atoms with E-state index < -0.39 is 5.82 Å². The molecule has 0 radical (unpaired) electrons. The highest BCUT2D eigenvalue weighted by Crippen LogP contribution is 2.37. The molecule has 14 heteroatoms. The highest BCUT2D eigenvalue weighted by atomic mass is 35.5. The highest BCUT2D eigenvalue weighted by Gasteiger charge is 2.31. The molecule has 0 spiro atoms. The van der Waals surface area contributed by atoms with E-state index in [1.165, 1.54) is 24.5 Å². The first kappa shape index (κ1) is 33.0. The highest BCUT2D eigenvalue weighted by molar-refractivity contribution is 6.35. The quantitative estimate of drug-likeness (QED) is 0.241. The third kappa shape index (κ3) is 7.90. The Kier molecular flexibility index (Phi) is 11.0. The molecule has 2 fully saturated rings. The van der Waals surface area contributed by atoms with Gasteiger partial charge in [-0.15, -0.1) is 0 Å². The number of anilines is 3. The maximum atomic E-state index is 13.6. The Morgan fingerprint density at radius 1 is 1.20 bits per heavy atom. The molecule has 3 aliphatic heterocycles. The van der Waals surface area contributed by atoms with Crippen LogP contribution in [-0.4, -0.2) is 95.1 Å². The van der Waals surface area contributed by atoms with Gasteiger partial charge in [0.05, 0.1) is 42.4 Å². The van der Waals surface area contributed by atoms with Gasteiger partial charge in [0.25, 0.3) is 12.4 Å². The van der Waals surface area contributed by atoms with Crippen molar-refractivity contribution in [1.82, 2.24) is 24.8 Å². The van der Waals surface area contributed by atoms with Crippen molar-refractivity contribution in [2.45, 2.75) is 39.2 Å². The fourth-order valence-corrected chi connectivity index (χ4v) is 5.95. The maximum absolute atomic E-state index is 13.6. The smallest absolute Gasteiger partial charge is 0.293 e. The van der Waals surface area contributed by atoms with Crippen LogP contribution in [0.25, 0.3) is 11.6 Å². The number of nitrogens with one attached hydrogen (secondary N) is 3. The number of likely N-dealkylation sites (tertiary alicyclic amines) is 1. The molecule has 2 amide bonds. The molecule has 3 aliphatic rings. The average Bonchev–Trinajstić information content (AvgIpc) is 3.57. The van der Waals surface area contributed by atoms with Crippen molar-refractivity contribution in [2.75, 3.05) is 56.6 Å². The zero-order valence-electron chi connectivity index (χ0n) is 25.8. The predicted octanol–water partition coefficient (Wildman–Crippen LogP) is 4.19. The molecule has 3 aromatic rings. The number of rotatable bonds is 8. The van der Waals surface area contributed by atoms with Gasteiger partial charge in [-0.1, -0.05) is 11.6 Å².